The number of hydrogen-bond acceptors (Lipinski definition) is 4. The number of ether oxygens (including phenoxy) is 2. The quantitative estimate of drug-likeness (QED) is 0.885. The average Bonchev–Trinajstić information content (AvgIpc) is 2.38. The molecule has 96 valence electrons. The normalized spacial score (nSPS) is 15.2. The van der Waals surface area contributed by atoms with Gasteiger partial charge in [-0.1, -0.05) is 0 Å². The minimum atomic E-state index is -1.11. The number of carboxylic acid groups (broad SMARTS) is 1. The topological polar surface area (TPSA) is 76.1 Å². The highest BCUT2D eigenvalue weighted by Gasteiger charge is 2.25. The van der Waals surface area contributed by atoms with E-state index in [-0.39, 0.29) is 5.56 Å². The Morgan fingerprint density at radius 3 is 2.89 bits per heavy atom. The van der Waals surface area contributed by atoms with Crippen LogP contribution in [0.2, 0.25) is 0 Å². The molecule has 6 heteroatoms. The Balaban J connectivity index is 2.42. The van der Waals surface area contributed by atoms with Gasteiger partial charge in [0.05, 0.1) is 25.0 Å². The van der Waals surface area contributed by atoms with Crippen LogP contribution in [0.4, 0.5) is 10.5 Å². The van der Waals surface area contributed by atoms with Gasteiger partial charge in [-0.3, -0.25) is 4.90 Å². The van der Waals surface area contributed by atoms with E-state index in [1.807, 2.05) is 0 Å². The molecular formula is C12H13NO5. The number of carbonyl (C=O) groups excluding carboxylic acids is 1. The molecule has 1 aromatic carbocycles. The molecule has 0 atom stereocenters. The Bertz CT molecular complexity index is 485. The van der Waals surface area contributed by atoms with E-state index in [4.69, 9.17) is 14.6 Å². The maximum absolute atomic E-state index is 11.6. The first-order valence-electron chi connectivity index (χ1n) is 5.49. The molecule has 2 rings (SSSR count). The van der Waals surface area contributed by atoms with Gasteiger partial charge in [-0.15, -0.1) is 0 Å². The highest BCUT2D eigenvalue weighted by Crippen LogP contribution is 2.27. The van der Waals surface area contributed by atoms with Crippen molar-refractivity contribution in [2.24, 2.45) is 0 Å². The van der Waals surface area contributed by atoms with E-state index < -0.39 is 12.1 Å². The van der Waals surface area contributed by atoms with Crippen molar-refractivity contribution < 1.29 is 24.2 Å². The first-order chi connectivity index (χ1) is 8.63. The first-order valence-corrected chi connectivity index (χ1v) is 5.49. The summed E-state index contributed by atoms with van der Waals surface area (Å²) in [6.07, 6.45) is 0.158. The predicted octanol–water partition coefficient (Wildman–Crippen LogP) is 1.74. The van der Waals surface area contributed by atoms with Crippen LogP contribution >= 0.6 is 0 Å². The zero-order chi connectivity index (χ0) is 13.1. The van der Waals surface area contributed by atoms with Gasteiger partial charge in [0.2, 0.25) is 0 Å². The first kappa shape index (κ1) is 12.2. The Morgan fingerprint density at radius 2 is 2.28 bits per heavy atom. The molecule has 1 heterocycles. The molecule has 1 aliphatic rings. The zero-order valence-electron chi connectivity index (χ0n) is 9.88. The Labute approximate surface area is 104 Å². The maximum Gasteiger partial charge on any atom is 0.414 e. The second-order valence-corrected chi connectivity index (χ2v) is 3.81. The third kappa shape index (κ3) is 2.22. The lowest BCUT2D eigenvalue weighted by Crippen LogP contribution is -2.38. The summed E-state index contributed by atoms with van der Waals surface area (Å²) in [7, 11) is 1.45. The molecular weight excluding hydrogens is 238 g/mol. The fraction of sp³-hybridized carbons (Fsp3) is 0.333. The van der Waals surface area contributed by atoms with E-state index in [1.165, 1.54) is 18.1 Å². The summed E-state index contributed by atoms with van der Waals surface area (Å²) >= 11 is 0. The van der Waals surface area contributed by atoms with Gasteiger partial charge < -0.3 is 14.6 Å². The largest absolute Gasteiger partial charge is 0.497 e. The summed E-state index contributed by atoms with van der Waals surface area (Å²) in [4.78, 5) is 24.1. The SMILES string of the molecule is COc1ccc(N2CCCOC2=O)c(C(=O)O)c1. The van der Waals surface area contributed by atoms with Crippen molar-refractivity contribution >= 4 is 17.7 Å². The number of aromatic carboxylic acids is 1. The van der Waals surface area contributed by atoms with Crippen LogP contribution in [0.15, 0.2) is 18.2 Å². The molecule has 0 aliphatic carbocycles. The number of carbonyl (C=O) groups is 2. The predicted molar refractivity (Wildman–Crippen MR) is 63.3 cm³/mol. The molecule has 0 saturated carbocycles. The lowest BCUT2D eigenvalue weighted by atomic mass is 10.1. The number of benzene rings is 1. The zero-order valence-corrected chi connectivity index (χ0v) is 9.88. The van der Waals surface area contributed by atoms with Crippen molar-refractivity contribution in [3.05, 3.63) is 23.8 Å². The smallest absolute Gasteiger partial charge is 0.414 e. The van der Waals surface area contributed by atoms with Crippen LogP contribution in [0.3, 0.4) is 0 Å². The van der Waals surface area contributed by atoms with Gasteiger partial charge in [0, 0.05) is 6.54 Å². The second-order valence-electron chi connectivity index (χ2n) is 3.81. The number of amides is 1. The van der Waals surface area contributed by atoms with E-state index in [2.05, 4.69) is 0 Å². The highest BCUT2D eigenvalue weighted by atomic mass is 16.6. The van der Waals surface area contributed by atoms with E-state index >= 15 is 0 Å². The average molecular weight is 251 g/mol. The summed E-state index contributed by atoms with van der Waals surface area (Å²) in [6, 6.07) is 4.55. The van der Waals surface area contributed by atoms with E-state index in [0.717, 1.165) is 0 Å². The molecule has 1 aliphatic heterocycles. The van der Waals surface area contributed by atoms with E-state index in [9.17, 15) is 9.59 Å². The van der Waals surface area contributed by atoms with Gasteiger partial charge in [-0.25, -0.2) is 9.59 Å². The molecule has 6 nitrogen and oxygen atoms in total. The maximum atomic E-state index is 11.6. The van der Waals surface area contributed by atoms with Crippen LogP contribution in [0.5, 0.6) is 5.75 Å². The summed E-state index contributed by atoms with van der Waals surface area (Å²) < 4.78 is 9.88. The Morgan fingerprint density at radius 1 is 1.50 bits per heavy atom. The molecule has 0 aromatic heterocycles. The van der Waals surface area contributed by atoms with Crippen LogP contribution in [0.25, 0.3) is 0 Å². The van der Waals surface area contributed by atoms with Crippen LogP contribution in [-0.2, 0) is 4.74 Å². The number of nitrogens with zero attached hydrogens (tertiary/aromatic N) is 1. The van der Waals surface area contributed by atoms with Crippen LogP contribution < -0.4 is 9.64 Å². The number of hydrogen-bond donors (Lipinski definition) is 1. The molecule has 0 bridgehead atoms. The van der Waals surface area contributed by atoms with Gasteiger partial charge in [-0.2, -0.15) is 0 Å². The fourth-order valence-electron chi connectivity index (χ4n) is 1.82. The summed E-state index contributed by atoms with van der Waals surface area (Å²) in [5, 5.41) is 9.17. The molecule has 0 unspecified atom stereocenters. The van der Waals surface area contributed by atoms with Crippen molar-refractivity contribution in [2.75, 3.05) is 25.2 Å². The second kappa shape index (κ2) is 4.95. The molecule has 18 heavy (non-hydrogen) atoms. The molecule has 0 spiro atoms. The Hall–Kier alpha value is -2.24. The minimum absolute atomic E-state index is 0.0215. The van der Waals surface area contributed by atoms with Crippen LogP contribution in [-0.4, -0.2) is 37.4 Å². The molecule has 1 aromatic rings. The van der Waals surface area contributed by atoms with Gasteiger partial charge in [0.25, 0.3) is 0 Å². The van der Waals surface area contributed by atoms with Gasteiger partial charge in [-0.05, 0) is 24.6 Å². The molecule has 1 N–H and O–H groups in total. The number of carboxylic acids is 1. The van der Waals surface area contributed by atoms with Crippen molar-refractivity contribution in [3.63, 3.8) is 0 Å². The van der Waals surface area contributed by atoms with Gasteiger partial charge in [0.15, 0.2) is 0 Å². The van der Waals surface area contributed by atoms with Crippen LogP contribution in [0, 0.1) is 0 Å². The lowest BCUT2D eigenvalue weighted by Gasteiger charge is -2.27. The fourth-order valence-corrected chi connectivity index (χ4v) is 1.82. The molecule has 0 radical (unpaired) electrons. The lowest BCUT2D eigenvalue weighted by molar-refractivity contribution is 0.0697. The summed E-state index contributed by atoms with van der Waals surface area (Å²) in [6.45, 7) is 0.819. The Kier molecular flexibility index (Phi) is 3.36. The highest BCUT2D eigenvalue weighted by molar-refractivity contribution is 6.00. The van der Waals surface area contributed by atoms with Crippen molar-refractivity contribution in [2.45, 2.75) is 6.42 Å². The van der Waals surface area contributed by atoms with E-state index in [1.54, 1.807) is 12.1 Å². The molecule has 1 fully saturated rings. The molecule has 1 saturated heterocycles. The monoisotopic (exact) mass is 251 g/mol. The minimum Gasteiger partial charge on any atom is -0.497 e. The number of anilines is 1. The van der Waals surface area contributed by atoms with Crippen molar-refractivity contribution in [1.82, 2.24) is 0 Å². The van der Waals surface area contributed by atoms with Gasteiger partial charge >= 0.3 is 12.1 Å². The summed E-state index contributed by atoms with van der Waals surface area (Å²) in [5.74, 6) is -0.677. The molecule has 1 amide bonds. The standard InChI is InChI=1S/C12H13NO5/c1-17-8-3-4-10(9(7-8)11(14)15)13-5-2-6-18-12(13)16/h3-4,7H,2,5-6H2,1H3,(H,14,15). The van der Waals surface area contributed by atoms with Crippen molar-refractivity contribution in [1.29, 1.82) is 0 Å². The van der Waals surface area contributed by atoms with Crippen molar-refractivity contribution in [3.8, 4) is 5.75 Å². The third-order valence-electron chi connectivity index (χ3n) is 2.70. The number of rotatable bonds is 3. The van der Waals surface area contributed by atoms with Crippen LogP contribution in [0.1, 0.15) is 16.8 Å². The number of cyclic esters (lactones) is 1. The summed E-state index contributed by atoms with van der Waals surface area (Å²) in [5.41, 5.74) is 0.348. The van der Waals surface area contributed by atoms with E-state index in [0.29, 0.717) is 31.0 Å². The van der Waals surface area contributed by atoms with Gasteiger partial charge in [0.1, 0.15) is 5.75 Å². The number of methoxy groups -OCH3 is 1. The third-order valence-corrected chi connectivity index (χ3v) is 2.70.